The predicted molar refractivity (Wildman–Crippen MR) is 39.8 cm³/mol. The summed E-state index contributed by atoms with van der Waals surface area (Å²) in [6, 6.07) is 0. The second-order valence-electron chi connectivity index (χ2n) is 2.01. The molecule has 0 aromatic heterocycles. The molecular weight excluding hydrogens is 130 g/mol. The number of hydrogen-bond acceptors (Lipinski definition) is 3. The molecule has 3 heteroatoms. The molecule has 0 amide bonds. The van der Waals surface area contributed by atoms with Crippen LogP contribution in [-0.4, -0.2) is 12.2 Å². The topological polar surface area (TPSA) is 38.7 Å². The molecule has 0 N–H and O–H groups in total. The summed E-state index contributed by atoms with van der Waals surface area (Å²) >= 11 is 0. The molecule has 0 radical (unpaired) electrons. The maximum absolute atomic E-state index is 10.1. The van der Waals surface area contributed by atoms with Crippen molar-refractivity contribution in [2.45, 2.75) is 33.1 Å². The molecule has 0 spiro atoms. The van der Waals surface area contributed by atoms with Crippen molar-refractivity contribution in [2.75, 3.05) is 0 Å². The number of rotatable bonds is 4. The highest BCUT2D eigenvalue weighted by Gasteiger charge is 1.85. The lowest BCUT2D eigenvalue weighted by atomic mass is 10.3. The van der Waals surface area contributed by atoms with Crippen molar-refractivity contribution < 1.29 is 9.63 Å². The van der Waals surface area contributed by atoms with Crippen LogP contribution in [0.2, 0.25) is 0 Å². The fourth-order valence-electron chi connectivity index (χ4n) is 0.460. The minimum Gasteiger partial charge on any atom is -0.319 e. The van der Waals surface area contributed by atoms with Crippen LogP contribution in [0.4, 0.5) is 0 Å². The highest BCUT2D eigenvalue weighted by molar-refractivity contribution is 5.67. The maximum Gasteiger partial charge on any atom is 0.331 e. The van der Waals surface area contributed by atoms with E-state index in [0.717, 1.165) is 19.3 Å². The van der Waals surface area contributed by atoms with Crippen molar-refractivity contribution in [3.63, 3.8) is 0 Å². The first kappa shape index (κ1) is 9.14. The Bertz CT molecular complexity index is 121. The minimum absolute atomic E-state index is 0.368. The molecule has 58 valence electrons. The zero-order valence-electron chi connectivity index (χ0n) is 6.46. The Morgan fingerprint density at radius 2 is 2.40 bits per heavy atom. The van der Waals surface area contributed by atoms with E-state index in [1.807, 2.05) is 0 Å². The van der Waals surface area contributed by atoms with Crippen molar-refractivity contribution in [1.82, 2.24) is 0 Å². The first-order valence-electron chi connectivity index (χ1n) is 3.46. The van der Waals surface area contributed by atoms with Gasteiger partial charge in [-0.15, -0.1) is 0 Å². The standard InChI is InChI=1S/C7H13NO2/c1-3-4-5-6-8-10-7(2)9/h6H,3-5H2,1-2H3. The third-order valence-corrected chi connectivity index (χ3v) is 0.943. The van der Waals surface area contributed by atoms with E-state index in [1.54, 1.807) is 6.21 Å². The van der Waals surface area contributed by atoms with E-state index in [4.69, 9.17) is 0 Å². The maximum atomic E-state index is 10.1. The molecule has 3 nitrogen and oxygen atoms in total. The predicted octanol–water partition coefficient (Wildman–Crippen LogP) is 1.73. The Balaban J connectivity index is 3.12. The van der Waals surface area contributed by atoms with Crippen LogP contribution in [-0.2, 0) is 9.63 Å². The zero-order chi connectivity index (χ0) is 7.82. The summed E-state index contributed by atoms with van der Waals surface area (Å²) in [4.78, 5) is 14.5. The van der Waals surface area contributed by atoms with Crippen molar-refractivity contribution in [3.8, 4) is 0 Å². The minimum atomic E-state index is -0.368. The average molecular weight is 143 g/mol. The van der Waals surface area contributed by atoms with E-state index in [2.05, 4.69) is 16.9 Å². The summed E-state index contributed by atoms with van der Waals surface area (Å²) < 4.78 is 0. The van der Waals surface area contributed by atoms with Gasteiger partial charge < -0.3 is 4.84 Å². The van der Waals surface area contributed by atoms with Crippen LogP contribution < -0.4 is 0 Å². The van der Waals surface area contributed by atoms with Gasteiger partial charge >= 0.3 is 5.97 Å². The first-order chi connectivity index (χ1) is 4.77. The average Bonchev–Trinajstić information content (AvgIpc) is 1.87. The molecule has 0 heterocycles. The molecule has 10 heavy (non-hydrogen) atoms. The summed E-state index contributed by atoms with van der Waals surface area (Å²) in [5.74, 6) is -0.368. The lowest BCUT2D eigenvalue weighted by Gasteiger charge is -1.88. The summed E-state index contributed by atoms with van der Waals surface area (Å²) in [5, 5.41) is 3.43. The van der Waals surface area contributed by atoms with Gasteiger partial charge in [0.1, 0.15) is 0 Å². The van der Waals surface area contributed by atoms with Gasteiger partial charge in [0.25, 0.3) is 0 Å². The van der Waals surface area contributed by atoms with Crippen LogP contribution in [0.15, 0.2) is 5.16 Å². The van der Waals surface area contributed by atoms with Gasteiger partial charge in [0.15, 0.2) is 0 Å². The van der Waals surface area contributed by atoms with Crippen LogP contribution in [0.25, 0.3) is 0 Å². The van der Waals surface area contributed by atoms with Crippen molar-refractivity contribution in [1.29, 1.82) is 0 Å². The molecule has 0 aromatic rings. The molecule has 0 aliphatic heterocycles. The summed E-state index contributed by atoms with van der Waals surface area (Å²) in [7, 11) is 0. The smallest absolute Gasteiger partial charge is 0.319 e. The number of oxime groups is 1. The fourth-order valence-corrected chi connectivity index (χ4v) is 0.460. The van der Waals surface area contributed by atoms with Gasteiger partial charge in [0, 0.05) is 13.1 Å². The molecule has 0 fully saturated rings. The van der Waals surface area contributed by atoms with Gasteiger partial charge in [0.05, 0.1) is 0 Å². The van der Waals surface area contributed by atoms with Gasteiger partial charge in [-0.3, -0.25) is 0 Å². The molecular formula is C7H13NO2. The SMILES string of the molecule is CCCCC=NOC(C)=O. The number of carbonyl (C=O) groups is 1. The number of nitrogens with zero attached hydrogens (tertiary/aromatic N) is 1. The third-order valence-electron chi connectivity index (χ3n) is 0.943. The van der Waals surface area contributed by atoms with E-state index in [9.17, 15) is 4.79 Å². The van der Waals surface area contributed by atoms with Gasteiger partial charge in [-0.2, -0.15) is 0 Å². The lowest BCUT2D eigenvalue weighted by Crippen LogP contribution is -1.90. The largest absolute Gasteiger partial charge is 0.331 e. The summed E-state index contributed by atoms with van der Waals surface area (Å²) in [6.07, 6.45) is 4.71. The normalized spacial score (nSPS) is 10.2. The van der Waals surface area contributed by atoms with Crippen LogP contribution >= 0.6 is 0 Å². The summed E-state index contributed by atoms with van der Waals surface area (Å²) in [6.45, 7) is 3.43. The highest BCUT2D eigenvalue weighted by atomic mass is 16.7. The van der Waals surface area contributed by atoms with Crippen molar-refractivity contribution in [3.05, 3.63) is 0 Å². The molecule has 0 atom stereocenters. The van der Waals surface area contributed by atoms with Crippen LogP contribution in [0, 0.1) is 0 Å². The molecule has 0 bridgehead atoms. The van der Waals surface area contributed by atoms with Crippen molar-refractivity contribution >= 4 is 12.2 Å². The second-order valence-corrected chi connectivity index (χ2v) is 2.01. The fraction of sp³-hybridized carbons (Fsp3) is 0.714. The molecule has 0 saturated carbocycles. The van der Waals surface area contributed by atoms with Crippen LogP contribution in [0.3, 0.4) is 0 Å². The Morgan fingerprint density at radius 1 is 1.70 bits per heavy atom. The van der Waals surface area contributed by atoms with Crippen LogP contribution in [0.5, 0.6) is 0 Å². The number of carbonyl (C=O) groups excluding carboxylic acids is 1. The summed E-state index contributed by atoms with van der Waals surface area (Å²) in [5.41, 5.74) is 0. The number of hydrogen-bond donors (Lipinski definition) is 0. The van der Waals surface area contributed by atoms with E-state index in [-0.39, 0.29) is 5.97 Å². The van der Waals surface area contributed by atoms with E-state index >= 15 is 0 Å². The molecule has 0 aliphatic carbocycles. The zero-order valence-corrected chi connectivity index (χ0v) is 6.46. The lowest BCUT2D eigenvalue weighted by molar-refractivity contribution is -0.140. The quantitative estimate of drug-likeness (QED) is 0.260. The highest BCUT2D eigenvalue weighted by Crippen LogP contribution is 1.89. The molecule has 0 unspecified atom stereocenters. The monoisotopic (exact) mass is 143 g/mol. The van der Waals surface area contributed by atoms with E-state index < -0.39 is 0 Å². The number of unbranched alkanes of at least 4 members (excludes halogenated alkanes) is 2. The Labute approximate surface area is 61.1 Å². The third kappa shape index (κ3) is 7.14. The Morgan fingerprint density at radius 3 is 2.90 bits per heavy atom. The van der Waals surface area contributed by atoms with Gasteiger partial charge in [-0.25, -0.2) is 4.79 Å². The first-order valence-corrected chi connectivity index (χ1v) is 3.46. The molecule has 0 saturated heterocycles. The Hall–Kier alpha value is -0.860. The van der Waals surface area contributed by atoms with Crippen LogP contribution in [0.1, 0.15) is 33.1 Å². The molecule has 0 rings (SSSR count). The second kappa shape index (κ2) is 6.26. The van der Waals surface area contributed by atoms with Gasteiger partial charge in [-0.05, 0) is 12.8 Å². The van der Waals surface area contributed by atoms with Gasteiger partial charge in [-0.1, -0.05) is 18.5 Å². The van der Waals surface area contributed by atoms with Gasteiger partial charge in [0.2, 0.25) is 0 Å². The molecule has 0 aliphatic rings. The van der Waals surface area contributed by atoms with E-state index in [1.165, 1.54) is 6.92 Å². The van der Waals surface area contributed by atoms with Crippen molar-refractivity contribution in [2.24, 2.45) is 5.16 Å². The molecule has 0 aromatic carbocycles. The van der Waals surface area contributed by atoms with E-state index in [0.29, 0.717) is 0 Å². The Kier molecular flexibility index (Phi) is 5.72.